The maximum atomic E-state index is 11.0. The summed E-state index contributed by atoms with van der Waals surface area (Å²) in [6, 6.07) is 10.0. The average Bonchev–Trinajstić information content (AvgIpc) is 2.36. The molecule has 0 aromatic heterocycles. The Labute approximate surface area is 106 Å². The van der Waals surface area contributed by atoms with Crippen molar-refractivity contribution in [3.05, 3.63) is 35.9 Å². The van der Waals surface area contributed by atoms with E-state index in [1.807, 2.05) is 37.3 Å². The van der Waals surface area contributed by atoms with Crippen LogP contribution in [0, 0.1) is 0 Å². The molecule has 0 heterocycles. The van der Waals surface area contributed by atoms with E-state index < -0.39 is 0 Å². The lowest BCUT2D eigenvalue weighted by atomic mass is 10.2. The first-order chi connectivity index (χ1) is 8.22. The molecule has 0 aliphatic carbocycles. The molecule has 0 bridgehead atoms. The van der Waals surface area contributed by atoms with E-state index in [0.29, 0.717) is 19.0 Å². The molecule has 1 aromatic rings. The second kappa shape index (κ2) is 8.14. The van der Waals surface area contributed by atoms with Crippen molar-refractivity contribution >= 4 is 17.7 Å². The molecule has 0 radical (unpaired) electrons. The number of carbonyl (C=O) groups is 1. The van der Waals surface area contributed by atoms with Gasteiger partial charge in [0.25, 0.3) is 0 Å². The van der Waals surface area contributed by atoms with Crippen LogP contribution >= 0.6 is 11.8 Å². The number of hydrogen-bond acceptors (Lipinski definition) is 4. The second-order valence-electron chi connectivity index (χ2n) is 3.71. The van der Waals surface area contributed by atoms with Crippen LogP contribution in [-0.4, -0.2) is 24.3 Å². The van der Waals surface area contributed by atoms with Crippen LogP contribution in [0.15, 0.2) is 30.3 Å². The minimum atomic E-state index is -0.173. The van der Waals surface area contributed by atoms with Gasteiger partial charge in [0.15, 0.2) is 0 Å². The second-order valence-corrected chi connectivity index (χ2v) is 5.08. The SMILES string of the molecule is COC(=O)CC(C)SCOCc1ccccc1. The first-order valence-corrected chi connectivity index (χ1v) is 6.57. The molecule has 0 saturated carbocycles. The van der Waals surface area contributed by atoms with Crippen LogP contribution in [0.5, 0.6) is 0 Å². The van der Waals surface area contributed by atoms with Crippen LogP contribution in [0.2, 0.25) is 0 Å². The van der Waals surface area contributed by atoms with Gasteiger partial charge in [-0.2, -0.15) is 0 Å². The summed E-state index contributed by atoms with van der Waals surface area (Å²) < 4.78 is 10.1. The zero-order valence-electron chi connectivity index (χ0n) is 10.2. The van der Waals surface area contributed by atoms with Crippen LogP contribution in [0.4, 0.5) is 0 Å². The van der Waals surface area contributed by atoms with E-state index >= 15 is 0 Å². The van der Waals surface area contributed by atoms with Gasteiger partial charge in [-0.3, -0.25) is 4.79 Å². The highest BCUT2D eigenvalue weighted by Crippen LogP contribution is 2.15. The molecule has 1 rings (SSSR count). The fourth-order valence-corrected chi connectivity index (χ4v) is 1.94. The van der Waals surface area contributed by atoms with Crippen LogP contribution in [0.1, 0.15) is 18.9 Å². The Kier molecular flexibility index (Phi) is 6.74. The van der Waals surface area contributed by atoms with Gasteiger partial charge in [-0.15, -0.1) is 11.8 Å². The highest BCUT2D eigenvalue weighted by atomic mass is 32.2. The van der Waals surface area contributed by atoms with Gasteiger partial charge in [0.05, 0.1) is 26.1 Å². The predicted octanol–water partition coefficient (Wildman–Crippen LogP) is 2.85. The van der Waals surface area contributed by atoms with Crippen molar-refractivity contribution in [3.63, 3.8) is 0 Å². The van der Waals surface area contributed by atoms with Crippen molar-refractivity contribution in [2.24, 2.45) is 0 Å². The van der Waals surface area contributed by atoms with Gasteiger partial charge in [-0.05, 0) is 5.56 Å². The molecule has 1 unspecified atom stereocenters. The third kappa shape index (κ3) is 6.34. The number of rotatable bonds is 7. The molecular formula is C13H18O3S. The predicted molar refractivity (Wildman–Crippen MR) is 69.8 cm³/mol. The standard InChI is InChI=1S/C13H18O3S/c1-11(8-13(14)15-2)17-10-16-9-12-6-4-3-5-7-12/h3-7,11H,8-10H2,1-2H3. The molecule has 1 aromatic carbocycles. The number of methoxy groups -OCH3 is 1. The quantitative estimate of drug-likeness (QED) is 0.426. The molecular weight excluding hydrogens is 236 g/mol. The van der Waals surface area contributed by atoms with Crippen molar-refractivity contribution in [2.45, 2.75) is 25.2 Å². The monoisotopic (exact) mass is 254 g/mol. The van der Waals surface area contributed by atoms with E-state index in [0.717, 1.165) is 5.56 Å². The molecule has 0 spiro atoms. The van der Waals surface area contributed by atoms with Crippen molar-refractivity contribution in [3.8, 4) is 0 Å². The Hall–Kier alpha value is -1.00. The lowest BCUT2D eigenvalue weighted by molar-refractivity contribution is -0.140. The van der Waals surface area contributed by atoms with Gasteiger partial charge < -0.3 is 9.47 Å². The van der Waals surface area contributed by atoms with Crippen LogP contribution in [-0.2, 0) is 20.9 Å². The number of hydrogen-bond donors (Lipinski definition) is 0. The van der Waals surface area contributed by atoms with Crippen molar-refractivity contribution in [2.75, 3.05) is 13.0 Å². The Bertz CT molecular complexity index is 327. The maximum absolute atomic E-state index is 11.0. The zero-order chi connectivity index (χ0) is 12.5. The van der Waals surface area contributed by atoms with Gasteiger partial charge in [-0.1, -0.05) is 37.3 Å². The molecule has 0 aliphatic rings. The first-order valence-electron chi connectivity index (χ1n) is 5.52. The zero-order valence-corrected chi connectivity index (χ0v) is 11.0. The van der Waals surface area contributed by atoms with Gasteiger partial charge in [0.1, 0.15) is 0 Å². The smallest absolute Gasteiger partial charge is 0.306 e. The van der Waals surface area contributed by atoms with E-state index in [1.54, 1.807) is 11.8 Å². The number of benzene rings is 1. The minimum Gasteiger partial charge on any atom is -0.469 e. The molecule has 0 saturated heterocycles. The highest BCUT2D eigenvalue weighted by molar-refractivity contribution is 7.99. The summed E-state index contributed by atoms with van der Waals surface area (Å²) in [6.07, 6.45) is 0.426. The van der Waals surface area contributed by atoms with Gasteiger partial charge >= 0.3 is 5.97 Å². The van der Waals surface area contributed by atoms with Crippen molar-refractivity contribution in [1.29, 1.82) is 0 Å². The molecule has 0 N–H and O–H groups in total. The van der Waals surface area contributed by atoms with Gasteiger partial charge in [0, 0.05) is 5.25 Å². The number of esters is 1. The number of thioether (sulfide) groups is 1. The Morgan fingerprint density at radius 3 is 2.71 bits per heavy atom. The summed E-state index contributed by atoms with van der Waals surface area (Å²) in [4.78, 5) is 11.0. The van der Waals surface area contributed by atoms with Crippen molar-refractivity contribution in [1.82, 2.24) is 0 Å². The minimum absolute atomic E-state index is 0.173. The Balaban J connectivity index is 2.10. The van der Waals surface area contributed by atoms with E-state index in [2.05, 4.69) is 4.74 Å². The fraction of sp³-hybridized carbons (Fsp3) is 0.462. The van der Waals surface area contributed by atoms with Gasteiger partial charge in [0.2, 0.25) is 0 Å². The number of ether oxygens (including phenoxy) is 2. The summed E-state index contributed by atoms with van der Waals surface area (Å²) in [5.74, 6) is 0.417. The molecule has 4 heteroatoms. The topological polar surface area (TPSA) is 35.5 Å². The first kappa shape index (κ1) is 14.1. The van der Waals surface area contributed by atoms with Crippen LogP contribution in [0.3, 0.4) is 0 Å². The van der Waals surface area contributed by atoms with E-state index in [1.165, 1.54) is 7.11 Å². The van der Waals surface area contributed by atoms with E-state index in [9.17, 15) is 4.79 Å². The van der Waals surface area contributed by atoms with E-state index in [4.69, 9.17) is 4.74 Å². The lowest BCUT2D eigenvalue weighted by Gasteiger charge is -2.10. The number of carbonyl (C=O) groups excluding carboxylic acids is 1. The summed E-state index contributed by atoms with van der Waals surface area (Å²) >= 11 is 1.62. The normalized spacial score (nSPS) is 12.1. The van der Waals surface area contributed by atoms with Crippen molar-refractivity contribution < 1.29 is 14.3 Å². The summed E-state index contributed by atoms with van der Waals surface area (Å²) in [5, 5.41) is 0.221. The summed E-state index contributed by atoms with van der Waals surface area (Å²) in [7, 11) is 1.41. The summed E-state index contributed by atoms with van der Waals surface area (Å²) in [6.45, 7) is 2.60. The molecule has 0 aliphatic heterocycles. The Morgan fingerprint density at radius 2 is 2.06 bits per heavy atom. The Morgan fingerprint density at radius 1 is 1.35 bits per heavy atom. The lowest BCUT2D eigenvalue weighted by Crippen LogP contribution is -2.09. The van der Waals surface area contributed by atoms with Crippen LogP contribution < -0.4 is 0 Å². The largest absolute Gasteiger partial charge is 0.469 e. The molecule has 0 fully saturated rings. The maximum Gasteiger partial charge on any atom is 0.306 e. The highest BCUT2D eigenvalue weighted by Gasteiger charge is 2.09. The summed E-state index contributed by atoms with van der Waals surface area (Å²) in [5.41, 5.74) is 1.16. The molecule has 0 amide bonds. The molecule has 17 heavy (non-hydrogen) atoms. The van der Waals surface area contributed by atoms with Crippen LogP contribution in [0.25, 0.3) is 0 Å². The average molecular weight is 254 g/mol. The van der Waals surface area contributed by atoms with E-state index in [-0.39, 0.29) is 11.2 Å². The third-order valence-corrected chi connectivity index (χ3v) is 3.27. The van der Waals surface area contributed by atoms with Gasteiger partial charge in [-0.25, -0.2) is 0 Å². The third-order valence-electron chi connectivity index (χ3n) is 2.23. The molecule has 3 nitrogen and oxygen atoms in total. The molecule has 1 atom stereocenters. The molecule has 94 valence electrons. The fourth-order valence-electron chi connectivity index (χ4n) is 1.27.